The van der Waals surface area contributed by atoms with Gasteiger partial charge in [0.15, 0.2) is 0 Å². The molecule has 0 bridgehead atoms. The molecule has 3 N–H and O–H groups in total. The number of aliphatic hydroxyl groups excluding tert-OH is 2. The molecule has 1 unspecified atom stereocenters. The van der Waals surface area contributed by atoms with Crippen molar-refractivity contribution in [3.8, 4) is 0 Å². The fourth-order valence-corrected chi connectivity index (χ4v) is 1.05. The molecule has 5 heteroatoms. The van der Waals surface area contributed by atoms with Crippen molar-refractivity contribution in [1.29, 1.82) is 0 Å². The summed E-state index contributed by atoms with van der Waals surface area (Å²) in [7, 11) is 0. The average Bonchev–Trinajstić information content (AvgIpc) is 2.25. The Morgan fingerprint density at radius 1 is 1.27 bits per heavy atom. The molecule has 1 atom stereocenters. The summed E-state index contributed by atoms with van der Waals surface area (Å²) in [5.41, 5.74) is 0. The lowest BCUT2D eigenvalue weighted by molar-refractivity contribution is 0.0422. The minimum Gasteiger partial charge on any atom is -0.394 e. The molecule has 0 amide bonds. The number of hydrogen-bond acceptors (Lipinski definition) is 5. The minimum atomic E-state index is -0.441. The van der Waals surface area contributed by atoms with E-state index in [0.29, 0.717) is 33.0 Å². The first-order valence-corrected chi connectivity index (χ1v) is 5.46. The fourth-order valence-electron chi connectivity index (χ4n) is 1.05. The predicted octanol–water partition coefficient (Wildman–Crippen LogP) is -0.628. The first-order valence-electron chi connectivity index (χ1n) is 5.46. The summed E-state index contributed by atoms with van der Waals surface area (Å²) in [6.07, 6.45) is 0.435. The van der Waals surface area contributed by atoms with Crippen LogP contribution in [0.25, 0.3) is 0 Å². The van der Waals surface area contributed by atoms with Crippen LogP contribution in [0.4, 0.5) is 0 Å². The maximum absolute atomic E-state index is 9.37. The first-order chi connectivity index (χ1) is 7.31. The van der Waals surface area contributed by atoms with Crippen LogP contribution < -0.4 is 5.32 Å². The minimum absolute atomic E-state index is 0.0699. The Bertz CT molecular complexity index is 124. The Kier molecular flexibility index (Phi) is 11.7. The van der Waals surface area contributed by atoms with Crippen LogP contribution >= 0.6 is 0 Å². The molecule has 0 saturated heterocycles. The van der Waals surface area contributed by atoms with Crippen LogP contribution in [0.5, 0.6) is 0 Å². The van der Waals surface area contributed by atoms with Crippen LogP contribution in [0.1, 0.15) is 13.3 Å². The summed E-state index contributed by atoms with van der Waals surface area (Å²) in [5, 5.41) is 20.9. The van der Waals surface area contributed by atoms with Crippen molar-refractivity contribution in [2.24, 2.45) is 0 Å². The maximum atomic E-state index is 9.37. The van der Waals surface area contributed by atoms with E-state index in [1.165, 1.54) is 0 Å². The van der Waals surface area contributed by atoms with Crippen LogP contribution in [0.2, 0.25) is 0 Å². The van der Waals surface area contributed by atoms with Gasteiger partial charge in [0.25, 0.3) is 0 Å². The third kappa shape index (κ3) is 11.7. The maximum Gasteiger partial charge on any atom is 0.0897 e. The van der Waals surface area contributed by atoms with Gasteiger partial charge in [0.05, 0.1) is 25.9 Å². The van der Waals surface area contributed by atoms with Crippen LogP contribution in [0.15, 0.2) is 0 Å². The van der Waals surface area contributed by atoms with Gasteiger partial charge in [0.2, 0.25) is 0 Å². The van der Waals surface area contributed by atoms with E-state index in [1.807, 2.05) is 6.92 Å². The second-order valence-corrected chi connectivity index (χ2v) is 3.21. The van der Waals surface area contributed by atoms with Gasteiger partial charge in [-0.3, -0.25) is 0 Å². The first kappa shape index (κ1) is 14.8. The highest BCUT2D eigenvalue weighted by Crippen LogP contribution is 1.85. The molecule has 0 aliphatic rings. The second kappa shape index (κ2) is 11.9. The number of hydrogen-bond donors (Lipinski definition) is 3. The summed E-state index contributed by atoms with van der Waals surface area (Å²) in [6.45, 7) is 5.35. The topological polar surface area (TPSA) is 71.0 Å². The van der Waals surface area contributed by atoms with E-state index in [1.54, 1.807) is 0 Å². The third-order valence-corrected chi connectivity index (χ3v) is 1.77. The van der Waals surface area contributed by atoms with Gasteiger partial charge in [0.1, 0.15) is 0 Å². The van der Waals surface area contributed by atoms with Gasteiger partial charge in [-0.2, -0.15) is 0 Å². The standard InChI is InChI=1S/C10H23NO4/c1-2-14-9-10(13)8-11-4-3-6-15-7-5-12/h10-13H,2-9H2,1H3. The van der Waals surface area contributed by atoms with Crippen LogP contribution in [0, 0.1) is 0 Å². The van der Waals surface area contributed by atoms with Gasteiger partial charge >= 0.3 is 0 Å². The Balaban J connectivity index is 3.02. The van der Waals surface area contributed by atoms with Crippen LogP contribution in [-0.2, 0) is 9.47 Å². The lowest BCUT2D eigenvalue weighted by Gasteiger charge is -2.11. The summed E-state index contributed by atoms with van der Waals surface area (Å²) in [4.78, 5) is 0. The zero-order chi connectivity index (χ0) is 11.4. The van der Waals surface area contributed by atoms with E-state index in [2.05, 4.69) is 5.32 Å². The molecule has 0 heterocycles. The average molecular weight is 221 g/mol. The van der Waals surface area contributed by atoms with Crippen molar-refractivity contribution < 1.29 is 19.7 Å². The normalized spacial score (nSPS) is 13.0. The lowest BCUT2D eigenvalue weighted by Crippen LogP contribution is -2.31. The smallest absolute Gasteiger partial charge is 0.0897 e. The molecule has 92 valence electrons. The van der Waals surface area contributed by atoms with Crippen LogP contribution in [-0.4, -0.2) is 62.4 Å². The van der Waals surface area contributed by atoms with E-state index in [-0.39, 0.29) is 6.61 Å². The largest absolute Gasteiger partial charge is 0.394 e. The van der Waals surface area contributed by atoms with Crippen molar-refractivity contribution in [2.75, 3.05) is 46.1 Å². The van der Waals surface area contributed by atoms with Crippen molar-refractivity contribution in [1.82, 2.24) is 5.32 Å². The van der Waals surface area contributed by atoms with E-state index >= 15 is 0 Å². The predicted molar refractivity (Wildman–Crippen MR) is 57.9 cm³/mol. The highest BCUT2D eigenvalue weighted by Gasteiger charge is 2.01. The highest BCUT2D eigenvalue weighted by atomic mass is 16.5. The monoisotopic (exact) mass is 221 g/mol. The van der Waals surface area contributed by atoms with Crippen LogP contribution in [0.3, 0.4) is 0 Å². The van der Waals surface area contributed by atoms with E-state index < -0.39 is 6.10 Å². The molecule has 0 aromatic rings. The van der Waals surface area contributed by atoms with Crippen molar-refractivity contribution in [3.63, 3.8) is 0 Å². The van der Waals surface area contributed by atoms with Crippen molar-refractivity contribution >= 4 is 0 Å². The molecule has 0 spiro atoms. The number of aliphatic hydroxyl groups is 2. The Morgan fingerprint density at radius 3 is 2.73 bits per heavy atom. The lowest BCUT2D eigenvalue weighted by atomic mass is 10.3. The Morgan fingerprint density at radius 2 is 2.07 bits per heavy atom. The summed E-state index contributed by atoms with van der Waals surface area (Å²) in [6, 6.07) is 0. The molecule has 0 saturated carbocycles. The van der Waals surface area contributed by atoms with E-state index in [4.69, 9.17) is 14.6 Å². The molecular weight excluding hydrogens is 198 g/mol. The van der Waals surface area contributed by atoms with E-state index in [0.717, 1.165) is 13.0 Å². The quantitative estimate of drug-likeness (QED) is 0.405. The van der Waals surface area contributed by atoms with Gasteiger partial charge in [-0.25, -0.2) is 0 Å². The second-order valence-electron chi connectivity index (χ2n) is 3.21. The molecule has 0 aromatic heterocycles. The van der Waals surface area contributed by atoms with Gasteiger partial charge in [-0.15, -0.1) is 0 Å². The molecule has 0 fully saturated rings. The number of nitrogens with one attached hydrogen (secondary N) is 1. The van der Waals surface area contributed by atoms with Gasteiger partial charge < -0.3 is 25.0 Å². The molecule has 5 nitrogen and oxygen atoms in total. The summed E-state index contributed by atoms with van der Waals surface area (Å²) >= 11 is 0. The molecule has 0 aliphatic heterocycles. The van der Waals surface area contributed by atoms with E-state index in [9.17, 15) is 5.11 Å². The molecule has 0 aromatic carbocycles. The van der Waals surface area contributed by atoms with Gasteiger partial charge in [-0.05, 0) is 19.9 Å². The molecule has 0 radical (unpaired) electrons. The molecular formula is C10H23NO4. The Hall–Kier alpha value is -0.200. The molecule has 0 rings (SSSR count). The van der Waals surface area contributed by atoms with Crippen molar-refractivity contribution in [2.45, 2.75) is 19.4 Å². The van der Waals surface area contributed by atoms with Crippen molar-refractivity contribution in [3.05, 3.63) is 0 Å². The number of ether oxygens (including phenoxy) is 2. The fraction of sp³-hybridized carbons (Fsp3) is 1.00. The SMILES string of the molecule is CCOCC(O)CNCCCOCCO. The zero-order valence-electron chi connectivity index (χ0n) is 9.45. The summed E-state index contributed by atoms with van der Waals surface area (Å²) < 4.78 is 10.1. The van der Waals surface area contributed by atoms with Gasteiger partial charge in [-0.1, -0.05) is 0 Å². The molecule has 15 heavy (non-hydrogen) atoms. The third-order valence-electron chi connectivity index (χ3n) is 1.77. The highest BCUT2D eigenvalue weighted by molar-refractivity contribution is 4.57. The number of rotatable bonds is 11. The molecule has 0 aliphatic carbocycles. The summed E-state index contributed by atoms with van der Waals surface area (Å²) in [5.74, 6) is 0. The Labute approximate surface area is 91.4 Å². The zero-order valence-corrected chi connectivity index (χ0v) is 9.45. The van der Waals surface area contributed by atoms with Gasteiger partial charge in [0, 0.05) is 19.8 Å².